The lowest BCUT2D eigenvalue weighted by atomic mass is 10.0. The number of para-hydroxylation sites is 1. The Bertz CT molecular complexity index is 1610. The molecule has 11 nitrogen and oxygen atoms in total. The Morgan fingerprint density at radius 2 is 1.72 bits per heavy atom. The minimum Gasteiger partial charge on any atom is -0.507 e. The van der Waals surface area contributed by atoms with Crippen molar-refractivity contribution in [2.75, 3.05) is 24.5 Å². The van der Waals surface area contributed by atoms with Crippen LogP contribution in [-0.2, 0) is 27.2 Å². The molecular formula is C36H43N5O6. The number of amides is 4. The summed E-state index contributed by atoms with van der Waals surface area (Å²) in [7, 11) is 0. The largest absolute Gasteiger partial charge is 0.507 e. The Hall–Kier alpha value is -5.06. The molecule has 4 bridgehead atoms. The van der Waals surface area contributed by atoms with E-state index in [1.165, 1.54) is 36.4 Å². The van der Waals surface area contributed by atoms with Crippen molar-refractivity contribution in [2.24, 2.45) is 5.92 Å². The maximum Gasteiger partial charge on any atom is 0.255 e. The topological polar surface area (TPSA) is 149 Å². The first-order valence-corrected chi connectivity index (χ1v) is 16.2. The van der Waals surface area contributed by atoms with Crippen LogP contribution < -0.4 is 30.9 Å². The summed E-state index contributed by atoms with van der Waals surface area (Å²) in [5.41, 5.74) is 3.32. The van der Waals surface area contributed by atoms with Gasteiger partial charge >= 0.3 is 0 Å². The highest BCUT2D eigenvalue weighted by Gasteiger charge is 2.30. The summed E-state index contributed by atoms with van der Waals surface area (Å²) < 4.78 is 5.94. The Kier molecular flexibility index (Phi) is 10.6. The quantitative estimate of drug-likeness (QED) is 0.205. The fourth-order valence-electron chi connectivity index (χ4n) is 5.90. The molecule has 0 radical (unpaired) electrons. The lowest BCUT2D eigenvalue weighted by molar-refractivity contribution is -0.132. The van der Waals surface area contributed by atoms with Crippen molar-refractivity contribution in [3.8, 4) is 17.2 Å². The first kappa shape index (κ1) is 33.3. The standard InChI is InChI=1S/C36H43N5O6/c1-22(2)32-36(46)38-23(3)33(43)39-29(35(45)37-17-7-19-41-18-6-9-25-8-4-5-10-30(25)41)20-24-11-13-26(14-12-24)47-27-15-16-31(42)28(21-27)34(44)40-32/h4-5,8,10-16,21-23,29,32,42H,6-7,9,17-20H2,1-3H3,(H,37,45)(H,38,46)(H,39,43)(H,40,44)/t23-,29+,32-/m0/s1. The number of benzene rings is 3. The summed E-state index contributed by atoms with van der Waals surface area (Å²) in [6, 6.07) is 16.9. The van der Waals surface area contributed by atoms with Crippen LogP contribution in [-0.4, -0.2) is 66.5 Å². The molecule has 11 heteroatoms. The predicted octanol–water partition coefficient (Wildman–Crippen LogP) is 3.44. The van der Waals surface area contributed by atoms with Gasteiger partial charge in [0.05, 0.1) is 5.56 Å². The highest BCUT2D eigenvalue weighted by atomic mass is 16.5. The number of aryl methyl sites for hydroxylation is 1. The van der Waals surface area contributed by atoms with Crippen molar-refractivity contribution < 1.29 is 29.0 Å². The summed E-state index contributed by atoms with van der Waals surface area (Å²) in [6.45, 7) is 7.25. The number of carbonyl (C=O) groups excluding carboxylic acids is 4. The maximum atomic E-state index is 13.5. The number of aromatic hydroxyl groups is 1. The second-order valence-corrected chi connectivity index (χ2v) is 12.5. The second-order valence-electron chi connectivity index (χ2n) is 12.5. The van der Waals surface area contributed by atoms with Gasteiger partial charge < -0.3 is 36.0 Å². The van der Waals surface area contributed by atoms with Crippen LogP contribution in [0, 0.1) is 5.92 Å². The Morgan fingerprint density at radius 1 is 0.979 bits per heavy atom. The van der Waals surface area contributed by atoms with Crippen LogP contribution in [0.3, 0.4) is 0 Å². The van der Waals surface area contributed by atoms with Crippen LogP contribution in [0.4, 0.5) is 5.69 Å². The third-order valence-corrected chi connectivity index (χ3v) is 8.54. The zero-order valence-corrected chi connectivity index (χ0v) is 27.0. The summed E-state index contributed by atoms with van der Waals surface area (Å²) in [6.07, 6.45) is 3.12. The molecule has 3 atom stereocenters. The third-order valence-electron chi connectivity index (χ3n) is 8.54. The summed E-state index contributed by atoms with van der Waals surface area (Å²) >= 11 is 0. The minimum atomic E-state index is -1.00. The molecule has 248 valence electrons. The molecule has 0 spiro atoms. The molecule has 0 aliphatic carbocycles. The number of ether oxygens (including phenoxy) is 1. The SMILES string of the molecule is CC(C)[C@@H]1NC(=O)c2cc(ccc2O)Oc2ccc(cc2)C[C@H](C(=O)NCCCN2CCCc3ccccc32)NC(=O)[C@H](C)NC1=O. The van der Waals surface area contributed by atoms with Crippen molar-refractivity contribution >= 4 is 29.3 Å². The number of phenols is 1. The molecule has 3 aliphatic rings. The van der Waals surface area contributed by atoms with Crippen LogP contribution in [0.1, 0.15) is 55.1 Å². The first-order chi connectivity index (χ1) is 22.6. The van der Waals surface area contributed by atoms with E-state index < -0.39 is 35.8 Å². The van der Waals surface area contributed by atoms with E-state index in [4.69, 9.17) is 4.74 Å². The van der Waals surface area contributed by atoms with E-state index in [0.717, 1.165) is 37.9 Å². The fraction of sp³-hybridized carbons (Fsp3) is 0.389. The number of hydrogen-bond donors (Lipinski definition) is 5. The Balaban J connectivity index is 1.32. The van der Waals surface area contributed by atoms with Crippen LogP contribution in [0.2, 0.25) is 0 Å². The van der Waals surface area contributed by atoms with Gasteiger partial charge in [0, 0.05) is 31.7 Å². The molecule has 0 saturated carbocycles. The van der Waals surface area contributed by atoms with Gasteiger partial charge in [-0.05, 0) is 79.6 Å². The van der Waals surface area contributed by atoms with E-state index in [2.05, 4.69) is 44.4 Å². The van der Waals surface area contributed by atoms with E-state index in [1.807, 2.05) is 6.07 Å². The van der Waals surface area contributed by atoms with E-state index in [9.17, 15) is 24.3 Å². The lowest BCUT2D eigenvalue weighted by Gasteiger charge is -2.31. The van der Waals surface area contributed by atoms with Gasteiger partial charge in [-0.15, -0.1) is 0 Å². The van der Waals surface area contributed by atoms with Crippen LogP contribution in [0.25, 0.3) is 0 Å². The van der Waals surface area contributed by atoms with Gasteiger partial charge in [0.1, 0.15) is 35.4 Å². The molecule has 47 heavy (non-hydrogen) atoms. The van der Waals surface area contributed by atoms with Crippen LogP contribution in [0.15, 0.2) is 66.7 Å². The highest BCUT2D eigenvalue weighted by Crippen LogP contribution is 2.28. The first-order valence-electron chi connectivity index (χ1n) is 16.2. The molecule has 0 fully saturated rings. The molecule has 3 heterocycles. The van der Waals surface area contributed by atoms with E-state index >= 15 is 0 Å². The normalized spacial score (nSPS) is 20.2. The van der Waals surface area contributed by atoms with Gasteiger partial charge in [0.2, 0.25) is 17.7 Å². The van der Waals surface area contributed by atoms with Crippen LogP contribution in [0.5, 0.6) is 17.2 Å². The monoisotopic (exact) mass is 641 g/mol. The smallest absolute Gasteiger partial charge is 0.255 e. The Labute approximate surface area is 275 Å². The molecule has 0 unspecified atom stereocenters. The summed E-state index contributed by atoms with van der Waals surface area (Å²) in [5, 5.41) is 21.5. The highest BCUT2D eigenvalue weighted by molar-refractivity contribution is 6.00. The minimum absolute atomic E-state index is 0.0564. The molecule has 3 aromatic rings. The molecule has 5 N–H and O–H groups in total. The van der Waals surface area contributed by atoms with Crippen molar-refractivity contribution in [1.29, 1.82) is 0 Å². The number of anilines is 1. The van der Waals surface area contributed by atoms with Gasteiger partial charge in [0.15, 0.2) is 0 Å². The number of carbonyl (C=O) groups is 4. The molecule has 3 aliphatic heterocycles. The Morgan fingerprint density at radius 3 is 2.49 bits per heavy atom. The van der Waals surface area contributed by atoms with Gasteiger partial charge in [-0.3, -0.25) is 19.2 Å². The molecule has 0 saturated heterocycles. The molecule has 4 amide bonds. The van der Waals surface area contributed by atoms with Crippen LogP contribution >= 0.6 is 0 Å². The molecule has 0 aromatic heterocycles. The zero-order valence-electron chi connectivity index (χ0n) is 27.0. The number of rotatable bonds is 6. The average Bonchev–Trinajstić information content (AvgIpc) is 3.06. The molecular weight excluding hydrogens is 598 g/mol. The summed E-state index contributed by atoms with van der Waals surface area (Å²) in [4.78, 5) is 55.6. The number of hydrogen-bond acceptors (Lipinski definition) is 7. The fourth-order valence-corrected chi connectivity index (χ4v) is 5.90. The van der Waals surface area contributed by atoms with Gasteiger partial charge in [0.25, 0.3) is 5.91 Å². The van der Waals surface area contributed by atoms with Crippen molar-refractivity contribution in [2.45, 2.75) is 64.6 Å². The second kappa shape index (κ2) is 15.0. The molecule has 3 aromatic carbocycles. The van der Waals surface area contributed by atoms with Crippen molar-refractivity contribution in [3.05, 3.63) is 83.4 Å². The molecule has 6 rings (SSSR count). The lowest BCUT2D eigenvalue weighted by Crippen LogP contribution is -2.57. The van der Waals surface area contributed by atoms with E-state index in [0.29, 0.717) is 18.0 Å². The van der Waals surface area contributed by atoms with E-state index in [-0.39, 0.29) is 29.6 Å². The van der Waals surface area contributed by atoms with E-state index in [1.54, 1.807) is 38.1 Å². The average molecular weight is 642 g/mol. The third kappa shape index (κ3) is 8.41. The number of phenolic OH excluding ortho intramolecular Hbond substituents is 1. The predicted molar refractivity (Wildman–Crippen MR) is 179 cm³/mol. The van der Waals surface area contributed by atoms with Gasteiger partial charge in [-0.1, -0.05) is 44.2 Å². The summed E-state index contributed by atoms with van der Waals surface area (Å²) in [5.74, 6) is -1.91. The van der Waals surface area contributed by atoms with Crippen molar-refractivity contribution in [3.63, 3.8) is 0 Å². The number of fused-ring (bicyclic) bond motifs is 12. The van der Waals surface area contributed by atoms with Gasteiger partial charge in [-0.2, -0.15) is 0 Å². The zero-order chi connectivity index (χ0) is 33.5. The number of nitrogens with one attached hydrogen (secondary N) is 4. The number of nitrogens with zero attached hydrogens (tertiary/aromatic N) is 1. The maximum absolute atomic E-state index is 13.5. The van der Waals surface area contributed by atoms with Gasteiger partial charge in [-0.25, -0.2) is 0 Å². The van der Waals surface area contributed by atoms with Crippen molar-refractivity contribution in [1.82, 2.24) is 21.3 Å².